The fourth-order valence-corrected chi connectivity index (χ4v) is 5.65. The molecule has 1 aromatic carbocycles. The fourth-order valence-electron chi connectivity index (χ4n) is 4.22. The van der Waals surface area contributed by atoms with Crippen LogP contribution in [0.2, 0.25) is 0 Å². The second-order valence-electron chi connectivity index (χ2n) is 8.33. The predicted octanol–water partition coefficient (Wildman–Crippen LogP) is 4.87. The van der Waals surface area contributed by atoms with Gasteiger partial charge in [0.15, 0.2) is 0 Å². The van der Waals surface area contributed by atoms with Gasteiger partial charge in [-0.25, -0.2) is 4.79 Å². The van der Waals surface area contributed by atoms with Crippen molar-refractivity contribution in [2.24, 2.45) is 5.92 Å². The van der Waals surface area contributed by atoms with Gasteiger partial charge >= 0.3 is 6.09 Å². The molecule has 0 radical (unpaired) electrons. The van der Waals surface area contributed by atoms with Crippen molar-refractivity contribution in [3.63, 3.8) is 0 Å². The summed E-state index contributed by atoms with van der Waals surface area (Å²) in [6, 6.07) is 4.14. The number of hydrogen-bond donors (Lipinski definition) is 2. The van der Waals surface area contributed by atoms with Crippen molar-refractivity contribution in [2.75, 3.05) is 11.9 Å². The number of hydrogen-bond acceptors (Lipinski definition) is 5. The number of fused-ring (bicyclic) bond motifs is 1. The zero-order valence-electron chi connectivity index (χ0n) is 18.8. The summed E-state index contributed by atoms with van der Waals surface area (Å²) < 4.78 is 4.85. The molecule has 1 atom stereocenters. The largest absolute Gasteiger partial charge is 0.450 e. The van der Waals surface area contributed by atoms with Crippen LogP contribution in [0.25, 0.3) is 0 Å². The van der Waals surface area contributed by atoms with Crippen molar-refractivity contribution in [1.82, 2.24) is 5.32 Å². The number of nitrogens with one attached hydrogen (secondary N) is 2. The lowest BCUT2D eigenvalue weighted by Gasteiger charge is -2.18. The lowest BCUT2D eigenvalue weighted by molar-refractivity contribution is -0.115. The lowest BCUT2D eigenvalue weighted by Crippen LogP contribution is -2.32. The van der Waals surface area contributed by atoms with Gasteiger partial charge in [0.05, 0.1) is 18.6 Å². The van der Waals surface area contributed by atoms with E-state index in [-0.39, 0.29) is 18.9 Å². The lowest BCUT2D eigenvalue weighted by atomic mass is 9.88. The fraction of sp³-hybridized carbons (Fsp3) is 0.458. The highest BCUT2D eigenvalue weighted by molar-refractivity contribution is 7.17. The quantitative estimate of drug-likeness (QED) is 0.692. The van der Waals surface area contributed by atoms with Crippen molar-refractivity contribution in [1.29, 1.82) is 0 Å². The second-order valence-corrected chi connectivity index (χ2v) is 9.44. The Morgan fingerprint density at radius 3 is 2.48 bits per heavy atom. The first-order valence-corrected chi connectivity index (χ1v) is 11.5. The topological polar surface area (TPSA) is 84.5 Å². The van der Waals surface area contributed by atoms with Crippen molar-refractivity contribution < 1.29 is 19.1 Å². The summed E-state index contributed by atoms with van der Waals surface area (Å²) in [6.45, 7) is 10.1. The van der Waals surface area contributed by atoms with Crippen molar-refractivity contribution in [3.05, 3.63) is 50.4 Å². The molecular formula is C24H30N2O4S. The van der Waals surface area contributed by atoms with E-state index < -0.39 is 12.0 Å². The van der Waals surface area contributed by atoms with Gasteiger partial charge in [-0.1, -0.05) is 24.6 Å². The van der Waals surface area contributed by atoms with E-state index in [0.29, 0.717) is 16.5 Å². The number of alkyl carbamates (subject to hydrolysis) is 1. The Balaban J connectivity index is 1.87. The molecule has 6 nitrogen and oxygen atoms in total. The molecular weight excluding hydrogens is 412 g/mol. The van der Waals surface area contributed by atoms with Gasteiger partial charge < -0.3 is 10.1 Å². The van der Waals surface area contributed by atoms with Gasteiger partial charge in [-0.2, -0.15) is 0 Å². The Bertz CT molecular complexity index is 1000. The summed E-state index contributed by atoms with van der Waals surface area (Å²) in [5, 5.41) is 5.75. The van der Waals surface area contributed by atoms with Crippen LogP contribution in [0.1, 0.15) is 63.3 Å². The Hall–Kier alpha value is -2.67. The molecule has 3 amide bonds. The maximum absolute atomic E-state index is 12.9. The zero-order chi connectivity index (χ0) is 22.7. The zero-order valence-corrected chi connectivity index (χ0v) is 19.6. The molecule has 0 bridgehead atoms. The average molecular weight is 443 g/mol. The first-order chi connectivity index (χ1) is 14.7. The van der Waals surface area contributed by atoms with E-state index in [1.54, 1.807) is 6.92 Å². The predicted molar refractivity (Wildman–Crippen MR) is 123 cm³/mol. The molecule has 0 fully saturated rings. The maximum Gasteiger partial charge on any atom is 0.414 e. The van der Waals surface area contributed by atoms with Gasteiger partial charge in [0, 0.05) is 4.88 Å². The van der Waals surface area contributed by atoms with E-state index in [4.69, 9.17) is 4.74 Å². The maximum atomic E-state index is 12.9. The third kappa shape index (κ3) is 5.34. The third-order valence-electron chi connectivity index (χ3n) is 5.66. The summed E-state index contributed by atoms with van der Waals surface area (Å²) >= 11 is 1.44. The molecule has 1 aliphatic carbocycles. The van der Waals surface area contributed by atoms with Gasteiger partial charge in [0.1, 0.15) is 5.00 Å². The number of rotatable bonds is 5. The molecule has 0 saturated carbocycles. The van der Waals surface area contributed by atoms with E-state index in [1.165, 1.54) is 11.3 Å². The molecule has 0 saturated heterocycles. The van der Waals surface area contributed by atoms with Crippen LogP contribution in [-0.2, 0) is 28.8 Å². The van der Waals surface area contributed by atoms with E-state index >= 15 is 0 Å². The number of carbonyl (C=O) groups is 3. The molecule has 0 aliphatic heterocycles. The molecule has 3 rings (SSSR count). The summed E-state index contributed by atoms with van der Waals surface area (Å²) in [5.74, 6) is -0.177. The normalized spacial score (nSPS) is 15.2. The monoisotopic (exact) mass is 442 g/mol. The van der Waals surface area contributed by atoms with Gasteiger partial charge in [0.25, 0.3) is 5.91 Å². The van der Waals surface area contributed by atoms with Gasteiger partial charge in [-0.3, -0.25) is 14.9 Å². The van der Waals surface area contributed by atoms with Crippen LogP contribution in [0, 0.1) is 26.7 Å². The molecule has 31 heavy (non-hydrogen) atoms. The Morgan fingerprint density at radius 1 is 1.16 bits per heavy atom. The van der Waals surface area contributed by atoms with E-state index in [0.717, 1.165) is 52.0 Å². The minimum Gasteiger partial charge on any atom is -0.450 e. The van der Waals surface area contributed by atoms with Crippen LogP contribution >= 0.6 is 11.3 Å². The van der Waals surface area contributed by atoms with Gasteiger partial charge in [0.2, 0.25) is 5.91 Å². The molecule has 0 spiro atoms. The van der Waals surface area contributed by atoms with Crippen LogP contribution in [0.3, 0.4) is 0 Å². The van der Waals surface area contributed by atoms with Crippen molar-refractivity contribution in [3.8, 4) is 0 Å². The molecule has 1 aromatic heterocycles. The molecule has 2 aromatic rings. The minimum atomic E-state index is -0.778. The number of amides is 3. The van der Waals surface area contributed by atoms with Crippen LogP contribution in [0.15, 0.2) is 12.1 Å². The number of aryl methyl sites for hydroxylation is 3. The Morgan fingerprint density at radius 2 is 1.84 bits per heavy atom. The van der Waals surface area contributed by atoms with Crippen LogP contribution in [-0.4, -0.2) is 24.5 Å². The van der Waals surface area contributed by atoms with Crippen LogP contribution < -0.4 is 10.6 Å². The Labute approximate surface area is 187 Å². The highest BCUT2D eigenvalue weighted by Crippen LogP contribution is 2.39. The molecule has 1 heterocycles. The first kappa shape index (κ1) is 23.0. The highest BCUT2D eigenvalue weighted by atomic mass is 32.1. The number of thiophene rings is 1. The standard InChI is InChI=1S/C24H30N2O4S/c1-6-30-24(29)26-22(28)21-17-8-7-13(2)11-19(17)31-23(21)25-20(27)12-18-15(4)9-14(3)10-16(18)5/h9-10,13H,6-8,11-12H2,1-5H3,(H,25,27)(H,26,28,29). The summed E-state index contributed by atoms with van der Waals surface area (Å²) in [5.41, 5.74) is 5.64. The van der Waals surface area contributed by atoms with Crippen molar-refractivity contribution in [2.45, 2.75) is 60.3 Å². The van der Waals surface area contributed by atoms with E-state index in [9.17, 15) is 14.4 Å². The van der Waals surface area contributed by atoms with Crippen LogP contribution in [0.5, 0.6) is 0 Å². The number of ether oxygens (including phenoxy) is 1. The van der Waals surface area contributed by atoms with Gasteiger partial charge in [-0.15, -0.1) is 11.3 Å². The molecule has 1 aliphatic rings. The van der Waals surface area contributed by atoms with Crippen molar-refractivity contribution >= 4 is 34.2 Å². The van der Waals surface area contributed by atoms with Gasteiger partial charge in [-0.05, 0) is 75.1 Å². The summed E-state index contributed by atoms with van der Waals surface area (Å²) in [4.78, 5) is 38.7. The SMILES string of the molecule is CCOC(=O)NC(=O)c1c(NC(=O)Cc2c(C)cc(C)cc2C)sc2c1CCC(C)C2. The number of carbonyl (C=O) groups excluding carboxylic acids is 3. The molecule has 7 heteroatoms. The third-order valence-corrected chi connectivity index (χ3v) is 6.83. The highest BCUT2D eigenvalue weighted by Gasteiger charge is 2.29. The number of benzene rings is 1. The average Bonchev–Trinajstić information content (AvgIpc) is 3.01. The molecule has 2 N–H and O–H groups in total. The Kier molecular flexibility index (Phi) is 7.15. The minimum absolute atomic E-state index is 0.174. The number of anilines is 1. The summed E-state index contributed by atoms with van der Waals surface area (Å²) in [6.07, 6.45) is 2.05. The van der Waals surface area contributed by atoms with E-state index in [2.05, 4.69) is 29.7 Å². The first-order valence-electron chi connectivity index (χ1n) is 10.7. The van der Waals surface area contributed by atoms with E-state index in [1.807, 2.05) is 20.8 Å². The summed E-state index contributed by atoms with van der Waals surface area (Å²) in [7, 11) is 0. The molecule has 1 unspecified atom stereocenters. The smallest absolute Gasteiger partial charge is 0.414 e. The second kappa shape index (κ2) is 9.64. The molecule has 166 valence electrons. The number of imide groups is 1. The van der Waals surface area contributed by atoms with Crippen LogP contribution in [0.4, 0.5) is 9.80 Å².